The van der Waals surface area contributed by atoms with Crippen LogP contribution in [-0.2, 0) is 4.79 Å². The number of amides is 1. The number of carbonyl (C=O) groups is 1. The summed E-state index contributed by atoms with van der Waals surface area (Å²) in [4.78, 5) is 12.2. The Morgan fingerprint density at radius 2 is 1.88 bits per heavy atom. The lowest BCUT2D eigenvalue weighted by molar-refractivity contribution is -0.131. The standard InChI is InChI=1S/C17H14Cl2N2O3/c1-10(12-7-6-11(18)8-13(12)19)20-21-17(22)16-9-23-14-4-2-3-5-15(14)24-16/h2-8,16,20H,1,9H2,(H,21,22)/t16-/m0/s1. The number of nitrogens with one attached hydrogen (secondary N) is 2. The van der Waals surface area contributed by atoms with E-state index in [0.717, 1.165) is 0 Å². The number of ether oxygens (including phenoxy) is 2. The fourth-order valence-electron chi connectivity index (χ4n) is 2.17. The van der Waals surface area contributed by atoms with Crippen molar-refractivity contribution in [2.75, 3.05) is 6.61 Å². The highest BCUT2D eigenvalue weighted by atomic mass is 35.5. The number of para-hydroxylation sites is 2. The van der Waals surface area contributed by atoms with Gasteiger partial charge in [0.15, 0.2) is 11.5 Å². The van der Waals surface area contributed by atoms with Crippen LogP contribution in [0.2, 0.25) is 10.0 Å². The number of hydrogen-bond donors (Lipinski definition) is 2. The maximum atomic E-state index is 12.2. The predicted octanol–water partition coefficient (Wildman–Crippen LogP) is 3.42. The lowest BCUT2D eigenvalue weighted by Crippen LogP contribution is -2.48. The van der Waals surface area contributed by atoms with Crippen LogP contribution in [0.3, 0.4) is 0 Å². The molecule has 1 heterocycles. The smallest absolute Gasteiger partial charge is 0.282 e. The molecule has 7 heteroatoms. The molecule has 0 unspecified atom stereocenters. The molecule has 24 heavy (non-hydrogen) atoms. The first kappa shape index (κ1) is 16.5. The van der Waals surface area contributed by atoms with E-state index in [2.05, 4.69) is 17.4 Å². The van der Waals surface area contributed by atoms with Gasteiger partial charge in [0, 0.05) is 10.6 Å². The van der Waals surface area contributed by atoms with Crippen LogP contribution in [0.5, 0.6) is 11.5 Å². The molecule has 0 aromatic heterocycles. The number of carbonyl (C=O) groups excluding carboxylic acids is 1. The third kappa shape index (κ3) is 3.58. The molecule has 0 fully saturated rings. The molecule has 1 aliphatic rings. The molecule has 5 nitrogen and oxygen atoms in total. The first-order valence-electron chi connectivity index (χ1n) is 7.13. The van der Waals surface area contributed by atoms with Gasteiger partial charge in [-0.1, -0.05) is 41.9 Å². The van der Waals surface area contributed by atoms with Crippen LogP contribution in [0.1, 0.15) is 5.56 Å². The number of benzene rings is 2. The van der Waals surface area contributed by atoms with Crippen molar-refractivity contribution in [3.8, 4) is 11.5 Å². The van der Waals surface area contributed by atoms with Crippen molar-refractivity contribution in [3.05, 3.63) is 64.7 Å². The van der Waals surface area contributed by atoms with E-state index in [9.17, 15) is 4.79 Å². The van der Waals surface area contributed by atoms with Gasteiger partial charge in [0.1, 0.15) is 6.61 Å². The number of hydrogen-bond acceptors (Lipinski definition) is 4. The van der Waals surface area contributed by atoms with Crippen molar-refractivity contribution in [2.24, 2.45) is 0 Å². The van der Waals surface area contributed by atoms with Gasteiger partial charge in [0.05, 0.1) is 10.7 Å². The van der Waals surface area contributed by atoms with E-state index in [1.165, 1.54) is 0 Å². The summed E-state index contributed by atoms with van der Waals surface area (Å²) in [6, 6.07) is 12.2. The van der Waals surface area contributed by atoms with Gasteiger partial charge in [0.25, 0.3) is 5.91 Å². The second kappa shape index (κ2) is 7.03. The summed E-state index contributed by atoms with van der Waals surface area (Å²) in [5, 5.41) is 0.951. The van der Waals surface area contributed by atoms with E-state index in [4.69, 9.17) is 32.7 Å². The van der Waals surface area contributed by atoms with Gasteiger partial charge in [-0.2, -0.15) is 0 Å². The molecule has 0 bridgehead atoms. The SMILES string of the molecule is C=C(NNC(=O)[C@@H]1COc2ccccc2O1)c1ccc(Cl)cc1Cl. The van der Waals surface area contributed by atoms with Gasteiger partial charge in [-0.05, 0) is 30.3 Å². The van der Waals surface area contributed by atoms with Crippen LogP contribution in [0.15, 0.2) is 49.0 Å². The van der Waals surface area contributed by atoms with Crippen molar-refractivity contribution in [3.63, 3.8) is 0 Å². The molecule has 2 aromatic carbocycles. The van der Waals surface area contributed by atoms with Crippen molar-refractivity contribution in [1.29, 1.82) is 0 Å². The molecular formula is C17H14Cl2N2O3. The Morgan fingerprint density at radius 3 is 2.62 bits per heavy atom. The van der Waals surface area contributed by atoms with E-state index in [0.29, 0.717) is 32.8 Å². The highest BCUT2D eigenvalue weighted by Crippen LogP contribution is 2.31. The van der Waals surface area contributed by atoms with E-state index in [-0.39, 0.29) is 12.5 Å². The van der Waals surface area contributed by atoms with Crippen LogP contribution >= 0.6 is 23.2 Å². The molecule has 0 radical (unpaired) electrons. The number of fused-ring (bicyclic) bond motifs is 1. The Labute approximate surface area is 149 Å². The molecule has 2 N–H and O–H groups in total. The summed E-state index contributed by atoms with van der Waals surface area (Å²) in [6.45, 7) is 3.97. The third-order valence-corrected chi connectivity index (χ3v) is 3.94. The number of hydrazine groups is 1. The van der Waals surface area contributed by atoms with Gasteiger partial charge in [0.2, 0.25) is 6.10 Å². The summed E-state index contributed by atoms with van der Waals surface area (Å²) in [7, 11) is 0. The van der Waals surface area contributed by atoms with Crippen LogP contribution in [0, 0.1) is 0 Å². The molecule has 1 aliphatic heterocycles. The summed E-state index contributed by atoms with van der Waals surface area (Å²) in [5.74, 6) is 0.770. The van der Waals surface area contributed by atoms with E-state index >= 15 is 0 Å². The van der Waals surface area contributed by atoms with Crippen molar-refractivity contribution < 1.29 is 14.3 Å². The second-order valence-electron chi connectivity index (χ2n) is 5.08. The topological polar surface area (TPSA) is 59.6 Å². The van der Waals surface area contributed by atoms with Crippen LogP contribution in [-0.4, -0.2) is 18.6 Å². The molecule has 1 atom stereocenters. The first-order valence-corrected chi connectivity index (χ1v) is 7.89. The van der Waals surface area contributed by atoms with Gasteiger partial charge in [-0.3, -0.25) is 15.6 Å². The molecule has 0 aliphatic carbocycles. The minimum Gasteiger partial charge on any atom is -0.485 e. The second-order valence-corrected chi connectivity index (χ2v) is 5.92. The van der Waals surface area contributed by atoms with E-state index in [1.807, 2.05) is 12.1 Å². The quantitative estimate of drug-likeness (QED) is 0.816. The molecule has 0 spiro atoms. The average molecular weight is 365 g/mol. The Balaban J connectivity index is 1.59. The summed E-state index contributed by atoms with van der Waals surface area (Å²) in [5.41, 5.74) is 6.33. The predicted molar refractivity (Wildman–Crippen MR) is 93.1 cm³/mol. The maximum Gasteiger partial charge on any atom is 0.282 e. The summed E-state index contributed by atoms with van der Waals surface area (Å²) in [6.07, 6.45) is -0.763. The normalized spacial score (nSPS) is 15.5. The highest BCUT2D eigenvalue weighted by Gasteiger charge is 2.27. The lowest BCUT2D eigenvalue weighted by atomic mass is 10.2. The number of rotatable bonds is 4. The van der Waals surface area contributed by atoms with Crippen molar-refractivity contribution >= 4 is 34.8 Å². The Bertz CT molecular complexity index is 795. The zero-order chi connectivity index (χ0) is 17.1. The van der Waals surface area contributed by atoms with Crippen molar-refractivity contribution in [1.82, 2.24) is 10.9 Å². The minimum absolute atomic E-state index is 0.124. The zero-order valence-electron chi connectivity index (χ0n) is 12.5. The molecule has 2 aromatic rings. The fraction of sp³-hybridized carbons (Fsp3) is 0.118. The van der Waals surface area contributed by atoms with Gasteiger partial charge < -0.3 is 9.47 Å². The van der Waals surface area contributed by atoms with Crippen molar-refractivity contribution in [2.45, 2.75) is 6.10 Å². The molecule has 0 saturated carbocycles. The molecule has 124 valence electrons. The molecule has 3 rings (SSSR count). The highest BCUT2D eigenvalue weighted by molar-refractivity contribution is 6.35. The van der Waals surface area contributed by atoms with Crippen LogP contribution in [0.25, 0.3) is 5.70 Å². The monoisotopic (exact) mass is 364 g/mol. The van der Waals surface area contributed by atoms with Crippen LogP contribution < -0.4 is 20.3 Å². The summed E-state index contributed by atoms with van der Waals surface area (Å²) < 4.78 is 11.1. The lowest BCUT2D eigenvalue weighted by Gasteiger charge is -2.25. The molecular weight excluding hydrogens is 351 g/mol. The average Bonchev–Trinajstić information content (AvgIpc) is 2.59. The van der Waals surface area contributed by atoms with Gasteiger partial charge >= 0.3 is 0 Å². The zero-order valence-corrected chi connectivity index (χ0v) is 14.0. The van der Waals surface area contributed by atoms with Gasteiger partial charge in [-0.25, -0.2) is 0 Å². The Hall–Kier alpha value is -2.37. The van der Waals surface area contributed by atoms with Crippen LogP contribution in [0.4, 0.5) is 0 Å². The Morgan fingerprint density at radius 1 is 1.12 bits per heavy atom. The van der Waals surface area contributed by atoms with E-state index in [1.54, 1.807) is 30.3 Å². The maximum absolute atomic E-state index is 12.2. The molecule has 1 amide bonds. The number of halogens is 2. The minimum atomic E-state index is -0.763. The first-order chi connectivity index (χ1) is 11.5. The molecule has 0 saturated heterocycles. The third-order valence-electron chi connectivity index (χ3n) is 3.39. The van der Waals surface area contributed by atoms with E-state index < -0.39 is 6.10 Å². The summed E-state index contributed by atoms with van der Waals surface area (Å²) >= 11 is 12.0. The fourth-order valence-corrected chi connectivity index (χ4v) is 2.69. The van der Waals surface area contributed by atoms with Gasteiger partial charge in [-0.15, -0.1) is 0 Å². The Kier molecular flexibility index (Phi) is 4.83. The largest absolute Gasteiger partial charge is 0.485 e.